The average molecular weight is 791 g/mol. The number of hydrogen-bond donors (Lipinski definition) is 1. The number of rotatable bonds is 12. The summed E-state index contributed by atoms with van der Waals surface area (Å²) in [5.41, 5.74) is 0.800. The van der Waals surface area contributed by atoms with Crippen molar-refractivity contribution in [3.05, 3.63) is 11.6 Å². The van der Waals surface area contributed by atoms with Crippen molar-refractivity contribution in [3.63, 3.8) is 0 Å². The van der Waals surface area contributed by atoms with Gasteiger partial charge in [0, 0.05) is 45.2 Å². The molecule has 0 bridgehead atoms. The van der Waals surface area contributed by atoms with Crippen molar-refractivity contribution >= 4 is 11.8 Å². The molecule has 56 heavy (non-hydrogen) atoms. The van der Waals surface area contributed by atoms with E-state index in [9.17, 15) is 9.59 Å². The average Bonchev–Trinajstić information content (AvgIpc) is 3.76. The van der Waals surface area contributed by atoms with E-state index in [1.54, 1.807) is 21.3 Å². The molecule has 0 aromatic rings. The van der Waals surface area contributed by atoms with Crippen LogP contribution in [0.3, 0.4) is 0 Å². The molecule has 12 nitrogen and oxygen atoms in total. The Morgan fingerprint density at radius 2 is 1.55 bits per heavy atom. The molecule has 1 N–H and O–H groups in total. The summed E-state index contributed by atoms with van der Waals surface area (Å²) in [5, 5.41) is 3.90. The maximum atomic E-state index is 14.9. The monoisotopic (exact) mass is 791 g/mol. The highest BCUT2D eigenvalue weighted by Crippen LogP contribution is 2.57. The number of likely N-dealkylation sites (N-methyl/N-ethyl adjacent to an activating group) is 1. The number of hydrogen-bond acceptors (Lipinski definition) is 12. The number of Topliss-reactive ketones (excluding diaryl/α,β-unsaturated/α-hetero) is 1. The number of ketones is 1. The molecule has 320 valence electrons. The second-order valence-electron chi connectivity index (χ2n) is 18.0. The summed E-state index contributed by atoms with van der Waals surface area (Å²) in [7, 11) is 9.21. The number of methoxy groups -OCH3 is 3. The Bertz CT molecular complexity index is 1330. The normalized spacial score (nSPS) is 44.9. The zero-order chi connectivity index (χ0) is 40.3. The van der Waals surface area contributed by atoms with E-state index in [4.69, 9.17) is 37.9 Å². The molecule has 3 aliphatic carbocycles. The standard InChI is InChI=1S/C44H74N2O10/c1-11-18-45-35-22-31-30(29-19-28(20-33(29)35)55-44-43(51-10)42(50-9)41(49-8)26(5)53-44)21-34-32(31)23-38(47)54-27(12-2)14-13-15-37(24(3)40(34)48)56-39-17-16-36(46(6)7)25(4)52-39/h21,24-33,35-37,39,41-45H,11-20,22-23H2,1-10H3/t24-,25?,26?,27+,28+,29+,30+,31-,32+,33-,35-,36+,37+,39+,41+,42?,43+,44+/m1/s1. The van der Waals surface area contributed by atoms with Gasteiger partial charge in [0.2, 0.25) is 0 Å². The van der Waals surface area contributed by atoms with Crippen LogP contribution >= 0.6 is 0 Å². The van der Waals surface area contributed by atoms with Gasteiger partial charge < -0.3 is 48.1 Å². The Morgan fingerprint density at radius 1 is 0.821 bits per heavy atom. The van der Waals surface area contributed by atoms with Gasteiger partial charge in [0.15, 0.2) is 18.4 Å². The van der Waals surface area contributed by atoms with Crippen LogP contribution in [0.15, 0.2) is 11.6 Å². The third kappa shape index (κ3) is 9.44. The second-order valence-corrected chi connectivity index (χ2v) is 18.0. The van der Waals surface area contributed by atoms with Gasteiger partial charge >= 0.3 is 5.97 Å². The molecule has 0 radical (unpaired) electrons. The Morgan fingerprint density at radius 3 is 2.21 bits per heavy atom. The minimum absolute atomic E-state index is 0.0356. The lowest BCUT2D eigenvalue weighted by atomic mass is 9.64. The van der Waals surface area contributed by atoms with Crippen molar-refractivity contribution in [2.24, 2.45) is 35.5 Å². The quantitative estimate of drug-likeness (QED) is 0.245. The van der Waals surface area contributed by atoms with E-state index in [-0.39, 0.29) is 103 Å². The number of cyclic esters (lactones) is 1. The van der Waals surface area contributed by atoms with Gasteiger partial charge in [0.25, 0.3) is 0 Å². The van der Waals surface area contributed by atoms with Crippen molar-refractivity contribution in [2.45, 2.75) is 179 Å². The number of allylic oxidation sites excluding steroid dienone is 2. The molecule has 3 saturated heterocycles. The summed E-state index contributed by atoms with van der Waals surface area (Å²) in [5.74, 6) is 0.296. The molecule has 2 saturated carbocycles. The van der Waals surface area contributed by atoms with Crippen LogP contribution in [0.2, 0.25) is 0 Å². The molecule has 6 aliphatic rings. The number of esters is 1. The zero-order valence-electron chi connectivity index (χ0n) is 36.0. The minimum atomic E-state index is -0.600. The smallest absolute Gasteiger partial charge is 0.306 e. The largest absolute Gasteiger partial charge is 0.462 e. The number of nitrogens with zero attached hydrogens (tertiary/aromatic N) is 1. The van der Waals surface area contributed by atoms with Gasteiger partial charge in [-0.15, -0.1) is 0 Å². The Hall–Kier alpha value is -1.48. The molecule has 3 unspecified atom stereocenters. The third-order valence-electron chi connectivity index (χ3n) is 14.5. The lowest BCUT2D eigenvalue weighted by Crippen LogP contribution is -2.59. The van der Waals surface area contributed by atoms with Crippen LogP contribution in [0.1, 0.15) is 105 Å². The fraction of sp³-hybridized carbons (Fsp3) is 0.909. The third-order valence-corrected chi connectivity index (χ3v) is 14.5. The summed E-state index contributed by atoms with van der Waals surface area (Å²) in [4.78, 5) is 30.9. The molecule has 12 heteroatoms. The number of nitrogens with one attached hydrogen (secondary N) is 1. The molecule has 5 fully saturated rings. The highest BCUT2D eigenvalue weighted by Gasteiger charge is 2.56. The second kappa shape index (κ2) is 19.7. The van der Waals surface area contributed by atoms with Crippen molar-refractivity contribution in [3.8, 4) is 0 Å². The first-order valence-electron chi connectivity index (χ1n) is 22.0. The maximum Gasteiger partial charge on any atom is 0.306 e. The molecule has 0 aromatic carbocycles. The fourth-order valence-electron chi connectivity index (χ4n) is 11.5. The van der Waals surface area contributed by atoms with Crippen LogP contribution in [0, 0.1) is 35.5 Å². The summed E-state index contributed by atoms with van der Waals surface area (Å²) in [6.07, 6.45) is 8.27. The number of carbonyl (C=O) groups is 2. The first kappa shape index (κ1) is 44.1. The predicted octanol–water partition coefficient (Wildman–Crippen LogP) is 5.69. The fourth-order valence-corrected chi connectivity index (χ4v) is 11.5. The van der Waals surface area contributed by atoms with Crippen molar-refractivity contribution in [2.75, 3.05) is 42.0 Å². The van der Waals surface area contributed by atoms with Crippen LogP contribution in [-0.4, -0.2) is 132 Å². The summed E-state index contributed by atoms with van der Waals surface area (Å²) >= 11 is 0. The molecule has 18 atom stereocenters. The minimum Gasteiger partial charge on any atom is -0.462 e. The Kier molecular flexibility index (Phi) is 15.5. The molecule has 0 aromatic heterocycles. The number of ether oxygens (including phenoxy) is 8. The molecular formula is C44H74N2O10. The summed E-state index contributed by atoms with van der Waals surface area (Å²) < 4.78 is 50.2. The zero-order valence-corrected chi connectivity index (χ0v) is 36.0. The Labute approximate surface area is 336 Å². The molecular weight excluding hydrogens is 716 g/mol. The first-order valence-corrected chi connectivity index (χ1v) is 22.0. The van der Waals surface area contributed by atoms with Gasteiger partial charge in [-0.3, -0.25) is 9.59 Å². The molecule has 3 heterocycles. The SMILES string of the molecule is CCCN[C@@H]1C[C@@H]2[C@@H](C=C3C(=O)[C@H](C)[C@@H](O[C@H]4CC[C@H](N(C)C)C(C)O4)CCC[C@H](CC)OC(=O)C[C@H]32)[C@@H]2C[C@H](O[C@@H]3OC(C)[C@H](OC)C(OC)[C@@H]3OC)C[C@H]21. The van der Waals surface area contributed by atoms with E-state index in [1.807, 2.05) is 13.8 Å². The van der Waals surface area contributed by atoms with Gasteiger partial charge in [0.1, 0.15) is 24.4 Å². The van der Waals surface area contributed by atoms with E-state index in [2.05, 4.69) is 51.2 Å². The topological polar surface area (TPSA) is 123 Å². The molecule has 0 spiro atoms. The maximum absolute atomic E-state index is 14.9. The van der Waals surface area contributed by atoms with Gasteiger partial charge in [-0.2, -0.15) is 0 Å². The van der Waals surface area contributed by atoms with Gasteiger partial charge in [0.05, 0.1) is 30.8 Å². The first-order chi connectivity index (χ1) is 26.9. The van der Waals surface area contributed by atoms with Gasteiger partial charge in [-0.1, -0.05) is 26.8 Å². The van der Waals surface area contributed by atoms with Crippen molar-refractivity contribution in [1.29, 1.82) is 0 Å². The molecule has 0 amide bonds. The highest BCUT2D eigenvalue weighted by atomic mass is 16.7. The van der Waals surface area contributed by atoms with Gasteiger partial charge in [-0.05, 0) is 128 Å². The van der Waals surface area contributed by atoms with Crippen LogP contribution in [-0.2, 0) is 47.5 Å². The van der Waals surface area contributed by atoms with Crippen molar-refractivity contribution < 1.29 is 47.5 Å². The van der Waals surface area contributed by atoms with Crippen molar-refractivity contribution in [1.82, 2.24) is 10.2 Å². The lowest BCUT2D eigenvalue weighted by molar-refractivity contribution is -0.314. The van der Waals surface area contributed by atoms with Crippen LogP contribution < -0.4 is 5.32 Å². The summed E-state index contributed by atoms with van der Waals surface area (Å²) in [6, 6.07) is 0.584. The predicted molar refractivity (Wildman–Crippen MR) is 212 cm³/mol. The number of fused-ring (bicyclic) bond motifs is 5. The molecule has 3 aliphatic heterocycles. The van der Waals surface area contributed by atoms with E-state index < -0.39 is 12.4 Å². The number of carbonyl (C=O) groups excluding carboxylic acids is 2. The van der Waals surface area contributed by atoms with E-state index in [0.717, 1.165) is 69.9 Å². The summed E-state index contributed by atoms with van der Waals surface area (Å²) in [6.45, 7) is 11.3. The lowest BCUT2D eigenvalue weighted by Gasteiger charge is -2.44. The van der Waals surface area contributed by atoms with E-state index in [1.165, 1.54) is 0 Å². The van der Waals surface area contributed by atoms with E-state index in [0.29, 0.717) is 18.4 Å². The molecule has 6 rings (SSSR count). The van der Waals surface area contributed by atoms with Crippen LogP contribution in [0.4, 0.5) is 0 Å². The Balaban J connectivity index is 1.26. The van der Waals surface area contributed by atoms with E-state index >= 15 is 0 Å². The highest BCUT2D eigenvalue weighted by molar-refractivity contribution is 5.99. The van der Waals surface area contributed by atoms with Gasteiger partial charge in [-0.25, -0.2) is 0 Å². The van der Waals surface area contributed by atoms with Crippen LogP contribution in [0.25, 0.3) is 0 Å². The van der Waals surface area contributed by atoms with Crippen LogP contribution in [0.5, 0.6) is 0 Å².